The minimum atomic E-state index is -0.231. The SMILES string of the molecule is COc1cccc2sc(NC(=O)c3cnn(-c4ccccc4C)c3C)nc12. The van der Waals surface area contributed by atoms with Crippen LogP contribution in [0.3, 0.4) is 0 Å². The van der Waals surface area contributed by atoms with Crippen LogP contribution in [0.15, 0.2) is 48.7 Å². The second-order valence-electron chi connectivity index (χ2n) is 6.12. The minimum Gasteiger partial charge on any atom is -0.494 e. The maximum absolute atomic E-state index is 12.8. The Kier molecular flexibility index (Phi) is 4.37. The zero-order chi connectivity index (χ0) is 19.0. The predicted octanol–water partition coefficient (Wildman–Crippen LogP) is 4.36. The summed E-state index contributed by atoms with van der Waals surface area (Å²) in [5.41, 5.74) is 4.09. The third-order valence-electron chi connectivity index (χ3n) is 4.42. The number of aryl methyl sites for hydroxylation is 1. The number of benzene rings is 2. The molecule has 1 amide bonds. The van der Waals surface area contributed by atoms with Crippen LogP contribution in [0.2, 0.25) is 0 Å². The number of methoxy groups -OCH3 is 1. The number of hydrogen-bond donors (Lipinski definition) is 1. The van der Waals surface area contributed by atoms with Gasteiger partial charge in [-0.2, -0.15) is 5.10 Å². The van der Waals surface area contributed by atoms with Crippen molar-refractivity contribution in [2.24, 2.45) is 0 Å². The predicted molar refractivity (Wildman–Crippen MR) is 107 cm³/mol. The summed E-state index contributed by atoms with van der Waals surface area (Å²) in [7, 11) is 1.61. The van der Waals surface area contributed by atoms with Crippen molar-refractivity contribution in [2.45, 2.75) is 13.8 Å². The highest BCUT2D eigenvalue weighted by Gasteiger charge is 2.18. The van der Waals surface area contributed by atoms with Gasteiger partial charge in [-0.3, -0.25) is 10.1 Å². The Morgan fingerprint density at radius 2 is 1.96 bits per heavy atom. The molecule has 0 bridgehead atoms. The van der Waals surface area contributed by atoms with Crippen LogP contribution in [0, 0.1) is 13.8 Å². The number of thiazole rings is 1. The van der Waals surface area contributed by atoms with Gasteiger partial charge in [-0.1, -0.05) is 35.6 Å². The molecule has 2 aromatic heterocycles. The van der Waals surface area contributed by atoms with Crippen LogP contribution < -0.4 is 10.1 Å². The van der Waals surface area contributed by atoms with Crippen molar-refractivity contribution in [3.8, 4) is 11.4 Å². The van der Waals surface area contributed by atoms with E-state index in [0.717, 1.165) is 27.2 Å². The highest BCUT2D eigenvalue weighted by atomic mass is 32.1. The maximum atomic E-state index is 12.8. The molecule has 0 aliphatic carbocycles. The molecule has 4 aromatic rings. The standard InChI is InChI=1S/C20H18N4O2S/c1-12-7-4-5-8-15(12)24-13(2)14(11-21-24)19(25)23-20-22-18-16(26-3)9-6-10-17(18)27-20/h4-11H,1-3H3,(H,22,23,25). The molecule has 2 heterocycles. The summed E-state index contributed by atoms with van der Waals surface area (Å²) >= 11 is 1.41. The van der Waals surface area contributed by atoms with Crippen molar-refractivity contribution in [1.82, 2.24) is 14.8 Å². The van der Waals surface area contributed by atoms with Crippen LogP contribution in [0.25, 0.3) is 15.9 Å². The van der Waals surface area contributed by atoms with Crippen LogP contribution in [0.4, 0.5) is 5.13 Å². The fourth-order valence-corrected chi connectivity index (χ4v) is 3.86. The Hall–Kier alpha value is -3.19. The van der Waals surface area contributed by atoms with Crippen molar-refractivity contribution in [3.05, 3.63) is 65.5 Å². The molecule has 27 heavy (non-hydrogen) atoms. The molecule has 0 fully saturated rings. The van der Waals surface area contributed by atoms with Gasteiger partial charge in [-0.25, -0.2) is 9.67 Å². The molecule has 6 nitrogen and oxygen atoms in total. The molecule has 0 aliphatic rings. The highest BCUT2D eigenvalue weighted by molar-refractivity contribution is 7.22. The molecule has 2 aromatic carbocycles. The smallest absolute Gasteiger partial charge is 0.260 e. The average molecular weight is 378 g/mol. The van der Waals surface area contributed by atoms with Crippen molar-refractivity contribution >= 4 is 32.6 Å². The monoisotopic (exact) mass is 378 g/mol. The summed E-state index contributed by atoms with van der Waals surface area (Å²) in [5.74, 6) is 0.457. The van der Waals surface area contributed by atoms with E-state index in [1.165, 1.54) is 11.3 Å². The quantitative estimate of drug-likeness (QED) is 0.573. The third kappa shape index (κ3) is 3.06. The molecule has 0 saturated heterocycles. The fraction of sp³-hybridized carbons (Fsp3) is 0.150. The largest absolute Gasteiger partial charge is 0.494 e. The van der Waals surface area contributed by atoms with Gasteiger partial charge in [0.2, 0.25) is 0 Å². The van der Waals surface area contributed by atoms with Gasteiger partial charge in [-0.05, 0) is 37.6 Å². The molecular weight excluding hydrogens is 360 g/mol. The first-order chi connectivity index (χ1) is 13.1. The number of carbonyl (C=O) groups is 1. The van der Waals surface area contributed by atoms with E-state index >= 15 is 0 Å². The van der Waals surface area contributed by atoms with E-state index < -0.39 is 0 Å². The molecule has 4 rings (SSSR count). The van der Waals surface area contributed by atoms with Crippen molar-refractivity contribution in [2.75, 3.05) is 12.4 Å². The minimum absolute atomic E-state index is 0.231. The number of aromatic nitrogens is 3. The Labute approximate surface area is 160 Å². The van der Waals surface area contributed by atoms with Gasteiger partial charge in [0.15, 0.2) is 5.13 Å². The highest BCUT2D eigenvalue weighted by Crippen LogP contribution is 2.32. The Morgan fingerprint density at radius 3 is 2.74 bits per heavy atom. The van der Waals surface area contributed by atoms with E-state index in [1.54, 1.807) is 18.0 Å². The summed E-state index contributed by atoms with van der Waals surface area (Å²) in [6.45, 7) is 3.90. The summed E-state index contributed by atoms with van der Waals surface area (Å²) in [6, 6.07) is 13.6. The molecule has 1 N–H and O–H groups in total. The van der Waals surface area contributed by atoms with Gasteiger partial charge in [0, 0.05) is 0 Å². The van der Waals surface area contributed by atoms with E-state index in [-0.39, 0.29) is 5.91 Å². The van der Waals surface area contributed by atoms with Crippen LogP contribution in [0.1, 0.15) is 21.6 Å². The van der Waals surface area contributed by atoms with Gasteiger partial charge in [0.05, 0.1) is 35.0 Å². The topological polar surface area (TPSA) is 69.0 Å². The number of para-hydroxylation sites is 2. The van der Waals surface area contributed by atoms with E-state index in [0.29, 0.717) is 16.4 Å². The van der Waals surface area contributed by atoms with Crippen LogP contribution >= 0.6 is 11.3 Å². The zero-order valence-corrected chi connectivity index (χ0v) is 16.0. The average Bonchev–Trinajstić information content (AvgIpc) is 3.24. The van der Waals surface area contributed by atoms with Crippen LogP contribution in [0.5, 0.6) is 5.75 Å². The Morgan fingerprint density at radius 1 is 1.15 bits per heavy atom. The van der Waals surface area contributed by atoms with E-state index in [4.69, 9.17) is 4.74 Å². The number of carbonyl (C=O) groups excluding carboxylic acids is 1. The molecule has 136 valence electrons. The summed E-state index contributed by atoms with van der Waals surface area (Å²) in [4.78, 5) is 17.3. The van der Waals surface area contributed by atoms with Gasteiger partial charge in [-0.15, -0.1) is 0 Å². The first-order valence-corrected chi connectivity index (χ1v) is 9.25. The second-order valence-corrected chi connectivity index (χ2v) is 7.15. The lowest BCUT2D eigenvalue weighted by molar-refractivity contribution is 0.102. The fourth-order valence-electron chi connectivity index (χ4n) is 2.98. The molecule has 0 unspecified atom stereocenters. The van der Waals surface area contributed by atoms with Crippen molar-refractivity contribution in [1.29, 1.82) is 0 Å². The molecule has 0 spiro atoms. The van der Waals surface area contributed by atoms with Gasteiger partial charge in [0.25, 0.3) is 5.91 Å². The number of hydrogen-bond acceptors (Lipinski definition) is 5. The van der Waals surface area contributed by atoms with E-state index in [9.17, 15) is 4.79 Å². The van der Waals surface area contributed by atoms with Gasteiger partial charge >= 0.3 is 0 Å². The number of amides is 1. The van der Waals surface area contributed by atoms with Crippen molar-refractivity contribution < 1.29 is 9.53 Å². The molecule has 0 radical (unpaired) electrons. The molecule has 7 heteroatoms. The van der Waals surface area contributed by atoms with Crippen LogP contribution in [-0.4, -0.2) is 27.8 Å². The first-order valence-electron chi connectivity index (χ1n) is 8.44. The number of fused-ring (bicyclic) bond motifs is 1. The van der Waals surface area contributed by atoms with E-state index in [2.05, 4.69) is 15.4 Å². The van der Waals surface area contributed by atoms with Gasteiger partial charge < -0.3 is 4.74 Å². The summed E-state index contributed by atoms with van der Waals surface area (Å²) < 4.78 is 8.07. The van der Waals surface area contributed by atoms with Gasteiger partial charge in [0.1, 0.15) is 11.3 Å². The maximum Gasteiger partial charge on any atom is 0.260 e. The van der Waals surface area contributed by atoms with Crippen molar-refractivity contribution in [3.63, 3.8) is 0 Å². The first kappa shape index (κ1) is 17.2. The lowest BCUT2D eigenvalue weighted by Crippen LogP contribution is -2.13. The van der Waals surface area contributed by atoms with E-state index in [1.807, 2.05) is 56.3 Å². The molecular formula is C20H18N4O2S. The summed E-state index contributed by atoms with van der Waals surface area (Å²) in [6.07, 6.45) is 1.59. The Bertz CT molecular complexity index is 1150. The lowest BCUT2D eigenvalue weighted by atomic mass is 10.2. The summed E-state index contributed by atoms with van der Waals surface area (Å²) in [5, 5.41) is 7.81. The number of nitrogens with zero attached hydrogens (tertiary/aromatic N) is 3. The number of nitrogens with one attached hydrogen (secondary N) is 1. The molecule has 0 atom stereocenters. The molecule has 0 saturated carbocycles. The zero-order valence-electron chi connectivity index (χ0n) is 15.2. The molecule has 0 aliphatic heterocycles. The van der Waals surface area contributed by atoms with Crippen LogP contribution in [-0.2, 0) is 0 Å². The number of ether oxygens (including phenoxy) is 1. The normalized spacial score (nSPS) is 10.9. The number of rotatable bonds is 4. The number of anilines is 1. The Balaban J connectivity index is 1.64. The lowest BCUT2D eigenvalue weighted by Gasteiger charge is -2.08. The second kappa shape index (κ2) is 6.85. The third-order valence-corrected chi connectivity index (χ3v) is 5.36.